The predicted octanol–water partition coefficient (Wildman–Crippen LogP) is 0.944. The molecule has 1 aromatic rings. The Morgan fingerprint density at radius 3 is 2.68 bits per heavy atom. The highest BCUT2D eigenvalue weighted by Crippen LogP contribution is 2.12. The van der Waals surface area contributed by atoms with Crippen LogP contribution in [0.3, 0.4) is 0 Å². The fraction of sp³-hybridized carbons (Fsp3) is 0.462. The summed E-state index contributed by atoms with van der Waals surface area (Å²) in [6.45, 7) is 1.75. The van der Waals surface area contributed by atoms with Crippen LogP contribution in [0.25, 0.3) is 0 Å². The summed E-state index contributed by atoms with van der Waals surface area (Å²) < 4.78 is 0. The van der Waals surface area contributed by atoms with Crippen LogP contribution in [0.4, 0.5) is 0 Å². The molecule has 6 heteroatoms. The lowest BCUT2D eigenvalue weighted by Crippen LogP contribution is -2.43. The molecule has 0 saturated carbocycles. The van der Waals surface area contributed by atoms with Crippen LogP contribution >= 0.6 is 11.3 Å². The fourth-order valence-electron chi connectivity index (χ4n) is 2.04. The van der Waals surface area contributed by atoms with Gasteiger partial charge >= 0.3 is 0 Å². The maximum absolute atomic E-state index is 11.8. The Bertz CT molecular complexity index is 468. The van der Waals surface area contributed by atoms with Gasteiger partial charge in [0.2, 0.25) is 17.7 Å². The zero-order chi connectivity index (χ0) is 13.8. The summed E-state index contributed by atoms with van der Waals surface area (Å²) >= 11 is 1.64. The van der Waals surface area contributed by atoms with Crippen LogP contribution in [-0.4, -0.2) is 35.2 Å². The number of nitrogens with one attached hydrogen (secondary N) is 1. The maximum Gasteiger partial charge on any atom is 0.240 e. The number of thiophene rings is 1. The van der Waals surface area contributed by atoms with Gasteiger partial charge in [-0.05, 0) is 18.4 Å². The topological polar surface area (TPSA) is 66.5 Å². The molecule has 19 heavy (non-hydrogen) atoms. The molecule has 1 saturated heterocycles. The molecule has 0 unspecified atom stereocenters. The summed E-state index contributed by atoms with van der Waals surface area (Å²) in [5.74, 6) is -0.801. The van der Waals surface area contributed by atoms with Crippen LogP contribution in [0.5, 0.6) is 0 Å². The molecule has 0 spiro atoms. The van der Waals surface area contributed by atoms with Crippen LogP contribution < -0.4 is 5.32 Å². The average molecular weight is 280 g/mol. The summed E-state index contributed by atoms with van der Waals surface area (Å²) in [6.07, 6.45) is 1.19. The van der Waals surface area contributed by atoms with Crippen molar-refractivity contribution in [2.75, 3.05) is 6.54 Å². The molecular formula is C13H16N2O3S. The summed E-state index contributed by atoms with van der Waals surface area (Å²) in [6, 6.07) is 3.97. The highest BCUT2D eigenvalue weighted by molar-refractivity contribution is 7.09. The summed E-state index contributed by atoms with van der Waals surface area (Å²) in [5, 5.41) is 4.80. The first-order valence-corrected chi connectivity index (χ1v) is 7.09. The molecule has 1 atom stereocenters. The molecule has 1 aromatic heterocycles. The second-order valence-corrected chi connectivity index (χ2v) is 5.66. The van der Waals surface area contributed by atoms with Crippen molar-refractivity contribution in [1.29, 1.82) is 0 Å². The Morgan fingerprint density at radius 1 is 1.42 bits per heavy atom. The van der Waals surface area contributed by atoms with Gasteiger partial charge in [-0.3, -0.25) is 19.3 Å². The molecule has 2 rings (SSSR count). The monoisotopic (exact) mass is 280 g/mol. The number of imide groups is 1. The molecule has 1 aliphatic heterocycles. The van der Waals surface area contributed by atoms with Crippen molar-refractivity contribution in [1.82, 2.24) is 10.2 Å². The van der Waals surface area contributed by atoms with Gasteiger partial charge in [0.1, 0.15) is 6.54 Å². The minimum atomic E-state index is -0.285. The number of likely N-dealkylation sites (tertiary alicyclic amines) is 1. The zero-order valence-electron chi connectivity index (χ0n) is 10.7. The van der Waals surface area contributed by atoms with Crippen molar-refractivity contribution in [2.24, 2.45) is 0 Å². The molecule has 102 valence electrons. The van der Waals surface area contributed by atoms with E-state index in [0.717, 1.165) is 11.3 Å². The lowest BCUT2D eigenvalue weighted by atomic mass is 10.2. The van der Waals surface area contributed by atoms with Gasteiger partial charge in [0, 0.05) is 30.2 Å². The molecule has 0 aromatic carbocycles. The van der Waals surface area contributed by atoms with E-state index in [1.165, 1.54) is 4.88 Å². The van der Waals surface area contributed by atoms with E-state index in [9.17, 15) is 14.4 Å². The molecule has 1 N–H and O–H groups in total. The zero-order valence-corrected chi connectivity index (χ0v) is 11.5. The molecule has 0 bridgehead atoms. The Morgan fingerprint density at radius 2 is 2.11 bits per heavy atom. The van der Waals surface area contributed by atoms with Gasteiger partial charge < -0.3 is 5.32 Å². The van der Waals surface area contributed by atoms with E-state index < -0.39 is 0 Å². The third kappa shape index (κ3) is 3.64. The molecule has 0 aliphatic carbocycles. The lowest BCUT2D eigenvalue weighted by molar-refractivity contribution is -0.142. The lowest BCUT2D eigenvalue weighted by Gasteiger charge is -2.17. The van der Waals surface area contributed by atoms with Crippen LogP contribution in [0, 0.1) is 0 Å². The SMILES string of the molecule is C[C@@H](Cc1cccs1)NC(=O)CN1C(=O)CCC1=O. The van der Waals surface area contributed by atoms with Crippen LogP contribution in [0.1, 0.15) is 24.6 Å². The van der Waals surface area contributed by atoms with E-state index in [0.29, 0.717) is 0 Å². The summed E-state index contributed by atoms with van der Waals surface area (Å²) in [7, 11) is 0. The first-order chi connectivity index (χ1) is 9.06. The third-order valence-electron chi connectivity index (χ3n) is 2.95. The highest BCUT2D eigenvalue weighted by atomic mass is 32.1. The molecule has 1 aliphatic rings. The van der Waals surface area contributed by atoms with Crippen LogP contribution in [0.15, 0.2) is 17.5 Å². The summed E-state index contributed by atoms with van der Waals surface area (Å²) in [5.41, 5.74) is 0. The normalized spacial score (nSPS) is 16.8. The number of nitrogens with zero attached hydrogens (tertiary/aromatic N) is 1. The van der Waals surface area contributed by atoms with Gasteiger partial charge in [-0.25, -0.2) is 0 Å². The van der Waals surface area contributed by atoms with Crippen LogP contribution in [-0.2, 0) is 20.8 Å². The quantitative estimate of drug-likeness (QED) is 0.816. The number of amides is 3. The molecular weight excluding hydrogens is 264 g/mol. The van der Waals surface area contributed by atoms with Gasteiger partial charge in [0.25, 0.3) is 0 Å². The molecule has 2 heterocycles. The first-order valence-electron chi connectivity index (χ1n) is 6.21. The second kappa shape index (κ2) is 5.97. The summed E-state index contributed by atoms with van der Waals surface area (Å²) in [4.78, 5) is 36.8. The number of carbonyl (C=O) groups excluding carboxylic acids is 3. The Kier molecular flexibility index (Phi) is 4.31. The smallest absolute Gasteiger partial charge is 0.240 e. The minimum absolute atomic E-state index is 0.0149. The first kappa shape index (κ1) is 13.7. The number of carbonyl (C=O) groups is 3. The molecule has 3 amide bonds. The average Bonchev–Trinajstić information content (AvgIpc) is 2.94. The van der Waals surface area contributed by atoms with E-state index in [2.05, 4.69) is 5.32 Å². The number of rotatable bonds is 5. The van der Waals surface area contributed by atoms with E-state index in [1.807, 2.05) is 24.4 Å². The van der Waals surface area contributed by atoms with Crippen molar-refractivity contribution < 1.29 is 14.4 Å². The van der Waals surface area contributed by atoms with Gasteiger partial charge in [-0.15, -0.1) is 11.3 Å². The second-order valence-electron chi connectivity index (χ2n) is 4.63. The largest absolute Gasteiger partial charge is 0.352 e. The van der Waals surface area contributed by atoms with Gasteiger partial charge in [0.15, 0.2) is 0 Å². The van der Waals surface area contributed by atoms with Gasteiger partial charge in [-0.1, -0.05) is 6.07 Å². The predicted molar refractivity (Wildman–Crippen MR) is 71.6 cm³/mol. The van der Waals surface area contributed by atoms with E-state index in [1.54, 1.807) is 11.3 Å². The van der Waals surface area contributed by atoms with Gasteiger partial charge in [-0.2, -0.15) is 0 Å². The Labute approximate surface area is 115 Å². The molecule has 0 radical (unpaired) electrons. The van der Waals surface area contributed by atoms with E-state index in [4.69, 9.17) is 0 Å². The van der Waals surface area contributed by atoms with E-state index >= 15 is 0 Å². The Balaban J connectivity index is 1.80. The molecule has 1 fully saturated rings. The standard InChI is InChI=1S/C13H16N2O3S/c1-9(7-10-3-2-6-19-10)14-11(16)8-15-12(17)4-5-13(15)18/h2-3,6,9H,4-5,7-8H2,1H3,(H,14,16)/t9-/m0/s1. The van der Waals surface area contributed by atoms with Gasteiger partial charge in [0.05, 0.1) is 0 Å². The molecule has 5 nitrogen and oxygen atoms in total. The minimum Gasteiger partial charge on any atom is -0.352 e. The van der Waals surface area contributed by atoms with Crippen molar-refractivity contribution in [2.45, 2.75) is 32.2 Å². The Hall–Kier alpha value is -1.69. The fourth-order valence-corrected chi connectivity index (χ4v) is 2.88. The third-order valence-corrected chi connectivity index (χ3v) is 3.85. The van der Waals surface area contributed by atoms with E-state index in [-0.39, 0.29) is 43.1 Å². The maximum atomic E-state index is 11.8. The van der Waals surface area contributed by atoms with Crippen LogP contribution in [0.2, 0.25) is 0 Å². The highest BCUT2D eigenvalue weighted by Gasteiger charge is 2.30. The number of hydrogen-bond donors (Lipinski definition) is 1. The van der Waals surface area contributed by atoms with Crippen molar-refractivity contribution in [3.05, 3.63) is 22.4 Å². The van der Waals surface area contributed by atoms with Crippen molar-refractivity contribution in [3.8, 4) is 0 Å². The van der Waals surface area contributed by atoms with Crippen molar-refractivity contribution >= 4 is 29.1 Å². The van der Waals surface area contributed by atoms with Crippen molar-refractivity contribution in [3.63, 3.8) is 0 Å². The number of hydrogen-bond acceptors (Lipinski definition) is 4.